The van der Waals surface area contributed by atoms with E-state index < -0.39 is 0 Å². The molecule has 1 aromatic carbocycles. The third kappa shape index (κ3) is 4.81. The molecule has 0 bridgehead atoms. The van der Waals surface area contributed by atoms with Gasteiger partial charge < -0.3 is 0 Å². The molecule has 18 heavy (non-hydrogen) atoms. The second-order valence-electron chi connectivity index (χ2n) is 5.72. The molecule has 1 unspecified atom stereocenters. The van der Waals surface area contributed by atoms with E-state index in [1.807, 2.05) is 38.1 Å². The number of Topliss-reactive ketones (excluding diaryl/α,β-unsaturated/α-hetero) is 1. The van der Waals surface area contributed by atoms with E-state index in [2.05, 4.69) is 13.8 Å². The van der Waals surface area contributed by atoms with Crippen LogP contribution in [0.5, 0.6) is 0 Å². The van der Waals surface area contributed by atoms with Gasteiger partial charge in [0.25, 0.3) is 0 Å². The van der Waals surface area contributed by atoms with Crippen LogP contribution in [0.4, 0.5) is 0 Å². The number of carbonyl (C=O) groups is 1. The highest BCUT2D eigenvalue weighted by atomic mass is 35.5. The fraction of sp³-hybridized carbons (Fsp3) is 0.562. The van der Waals surface area contributed by atoms with E-state index in [4.69, 9.17) is 11.6 Å². The molecular weight excluding hydrogens is 244 g/mol. The minimum Gasteiger partial charge on any atom is -0.299 e. The van der Waals surface area contributed by atoms with Gasteiger partial charge >= 0.3 is 0 Å². The van der Waals surface area contributed by atoms with Gasteiger partial charge in [0.2, 0.25) is 0 Å². The Hall–Kier alpha value is -0.820. The fourth-order valence-electron chi connectivity index (χ4n) is 2.29. The van der Waals surface area contributed by atoms with Crippen molar-refractivity contribution in [2.45, 2.75) is 40.5 Å². The first-order valence-corrected chi connectivity index (χ1v) is 7.06. The summed E-state index contributed by atoms with van der Waals surface area (Å²) in [7, 11) is 0. The number of rotatable bonds is 6. The molecule has 0 saturated carbocycles. The minimum absolute atomic E-state index is 0.105. The molecule has 0 N–H and O–H groups in total. The van der Waals surface area contributed by atoms with Crippen molar-refractivity contribution in [2.75, 3.05) is 0 Å². The van der Waals surface area contributed by atoms with Crippen molar-refractivity contribution in [2.24, 2.45) is 17.8 Å². The van der Waals surface area contributed by atoms with E-state index in [1.54, 1.807) is 0 Å². The van der Waals surface area contributed by atoms with E-state index in [-0.39, 0.29) is 11.8 Å². The molecule has 0 heterocycles. The first-order chi connectivity index (χ1) is 8.40. The van der Waals surface area contributed by atoms with Crippen LogP contribution in [0.3, 0.4) is 0 Å². The Labute approximate surface area is 116 Å². The lowest BCUT2D eigenvalue weighted by Gasteiger charge is -2.20. The van der Waals surface area contributed by atoms with E-state index in [0.29, 0.717) is 11.7 Å². The maximum atomic E-state index is 12.2. The van der Waals surface area contributed by atoms with E-state index in [9.17, 15) is 4.79 Å². The predicted octanol–water partition coefficient (Wildman–Crippen LogP) is 4.77. The van der Waals surface area contributed by atoms with Gasteiger partial charge in [-0.15, -0.1) is 0 Å². The van der Waals surface area contributed by atoms with Gasteiger partial charge in [0.15, 0.2) is 0 Å². The fourth-order valence-corrected chi connectivity index (χ4v) is 2.50. The normalized spacial score (nSPS) is 13.1. The van der Waals surface area contributed by atoms with Crippen LogP contribution in [-0.2, 0) is 11.2 Å². The van der Waals surface area contributed by atoms with Crippen LogP contribution in [0.1, 0.15) is 39.7 Å². The SMILES string of the molecule is CC(C)CC(Cc1cccc(Cl)c1)C(=O)C(C)C. The highest BCUT2D eigenvalue weighted by Crippen LogP contribution is 2.22. The van der Waals surface area contributed by atoms with Gasteiger partial charge in [-0.1, -0.05) is 51.4 Å². The number of ketones is 1. The zero-order valence-corrected chi connectivity index (χ0v) is 12.5. The molecule has 0 aromatic heterocycles. The summed E-state index contributed by atoms with van der Waals surface area (Å²) in [5.74, 6) is 1.12. The van der Waals surface area contributed by atoms with E-state index in [0.717, 1.165) is 23.4 Å². The van der Waals surface area contributed by atoms with Crippen LogP contribution in [-0.4, -0.2) is 5.78 Å². The topological polar surface area (TPSA) is 17.1 Å². The standard InChI is InChI=1S/C16H23ClO/c1-11(2)8-14(16(18)12(3)4)9-13-6-5-7-15(17)10-13/h5-7,10-12,14H,8-9H2,1-4H3. The molecule has 0 spiro atoms. The minimum atomic E-state index is 0.105. The summed E-state index contributed by atoms with van der Waals surface area (Å²) in [5.41, 5.74) is 1.15. The van der Waals surface area contributed by atoms with E-state index in [1.165, 1.54) is 0 Å². The first kappa shape index (κ1) is 15.2. The Morgan fingerprint density at radius 3 is 2.39 bits per heavy atom. The van der Waals surface area contributed by atoms with Crippen molar-refractivity contribution in [3.63, 3.8) is 0 Å². The van der Waals surface area contributed by atoms with E-state index >= 15 is 0 Å². The average molecular weight is 267 g/mol. The summed E-state index contributed by atoms with van der Waals surface area (Å²) in [6, 6.07) is 7.83. The molecule has 0 aliphatic carbocycles. The first-order valence-electron chi connectivity index (χ1n) is 6.68. The highest BCUT2D eigenvalue weighted by molar-refractivity contribution is 6.30. The summed E-state index contributed by atoms with van der Waals surface area (Å²) in [4.78, 5) is 12.2. The zero-order valence-electron chi connectivity index (χ0n) is 11.7. The molecule has 0 aliphatic heterocycles. The molecule has 1 rings (SSSR count). The molecule has 1 nitrogen and oxygen atoms in total. The van der Waals surface area contributed by atoms with Crippen LogP contribution in [0.2, 0.25) is 5.02 Å². The zero-order chi connectivity index (χ0) is 13.7. The molecule has 0 amide bonds. The van der Waals surface area contributed by atoms with Gasteiger partial charge in [0.05, 0.1) is 0 Å². The lowest BCUT2D eigenvalue weighted by molar-refractivity contribution is -0.126. The molecule has 2 heteroatoms. The molecule has 0 fully saturated rings. The monoisotopic (exact) mass is 266 g/mol. The van der Waals surface area contributed by atoms with Crippen LogP contribution in [0, 0.1) is 17.8 Å². The molecular formula is C16H23ClO. The number of hydrogen-bond acceptors (Lipinski definition) is 1. The Bertz CT molecular complexity index is 396. The quantitative estimate of drug-likeness (QED) is 0.725. The lowest BCUT2D eigenvalue weighted by atomic mass is 9.84. The lowest BCUT2D eigenvalue weighted by Crippen LogP contribution is -2.23. The second-order valence-corrected chi connectivity index (χ2v) is 6.15. The predicted molar refractivity (Wildman–Crippen MR) is 77.9 cm³/mol. The van der Waals surface area contributed by atoms with Crippen LogP contribution >= 0.6 is 11.6 Å². The van der Waals surface area contributed by atoms with Crippen LogP contribution in [0.15, 0.2) is 24.3 Å². The van der Waals surface area contributed by atoms with Gasteiger partial charge in [0, 0.05) is 16.9 Å². The summed E-state index contributed by atoms with van der Waals surface area (Å²) in [5, 5.41) is 0.743. The molecule has 0 saturated heterocycles. The Balaban J connectivity index is 2.81. The number of carbonyl (C=O) groups excluding carboxylic acids is 1. The number of halogens is 1. The smallest absolute Gasteiger partial charge is 0.138 e. The summed E-state index contributed by atoms with van der Waals surface area (Å²) >= 11 is 5.99. The largest absolute Gasteiger partial charge is 0.299 e. The molecule has 0 radical (unpaired) electrons. The number of benzene rings is 1. The van der Waals surface area contributed by atoms with Gasteiger partial charge in [-0.25, -0.2) is 0 Å². The van der Waals surface area contributed by atoms with Gasteiger partial charge in [-0.05, 0) is 36.5 Å². The van der Waals surface area contributed by atoms with Gasteiger partial charge in [0.1, 0.15) is 5.78 Å². The van der Waals surface area contributed by atoms with Crippen molar-refractivity contribution >= 4 is 17.4 Å². The maximum absolute atomic E-state index is 12.2. The van der Waals surface area contributed by atoms with Crippen LogP contribution < -0.4 is 0 Å². The average Bonchev–Trinajstić information content (AvgIpc) is 2.26. The number of hydrogen-bond donors (Lipinski definition) is 0. The van der Waals surface area contributed by atoms with Crippen molar-refractivity contribution in [3.05, 3.63) is 34.9 Å². The van der Waals surface area contributed by atoms with Crippen molar-refractivity contribution in [1.82, 2.24) is 0 Å². The second kappa shape index (κ2) is 6.94. The third-order valence-electron chi connectivity index (χ3n) is 3.10. The Kier molecular flexibility index (Phi) is 5.87. The molecule has 100 valence electrons. The molecule has 0 aliphatic rings. The van der Waals surface area contributed by atoms with Crippen molar-refractivity contribution < 1.29 is 4.79 Å². The molecule has 1 aromatic rings. The van der Waals surface area contributed by atoms with Crippen molar-refractivity contribution in [1.29, 1.82) is 0 Å². The Morgan fingerprint density at radius 2 is 1.89 bits per heavy atom. The van der Waals surface area contributed by atoms with Gasteiger partial charge in [-0.3, -0.25) is 4.79 Å². The highest BCUT2D eigenvalue weighted by Gasteiger charge is 2.22. The maximum Gasteiger partial charge on any atom is 0.138 e. The molecule has 1 atom stereocenters. The van der Waals surface area contributed by atoms with Crippen LogP contribution in [0.25, 0.3) is 0 Å². The summed E-state index contributed by atoms with van der Waals surface area (Å²) < 4.78 is 0. The summed E-state index contributed by atoms with van der Waals surface area (Å²) in [6.45, 7) is 8.29. The Morgan fingerprint density at radius 1 is 1.22 bits per heavy atom. The van der Waals surface area contributed by atoms with Crippen molar-refractivity contribution in [3.8, 4) is 0 Å². The van der Waals surface area contributed by atoms with Gasteiger partial charge in [-0.2, -0.15) is 0 Å². The summed E-state index contributed by atoms with van der Waals surface area (Å²) in [6.07, 6.45) is 1.75. The third-order valence-corrected chi connectivity index (χ3v) is 3.33.